The molecule has 0 aliphatic rings. The fourth-order valence-corrected chi connectivity index (χ4v) is 2.64. The van der Waals surface area contributed by atoms with Gasteiger partial charge in [0.25, 0.3) is 0 Å². The lowest BCUT2D eigenvalue weighted by atomic mass is 10.3. The summed E-state index contributed by atoms with van der Waals surface area (Å²) in [5.74, 6) is 1.32. The number of para-hydroxylation sites is 1. The molecule has 1 unspecified atom stereocenters. The number of benzene rings is 1. The number of primary amides is 1. The van der Waals surface area contributed by atoms with Crippen LogP contribution in [0.5, 0.6) is 5.75 Å². The molecule has 0 radical (unpaired) electrons. The van der Waals surface area contributed by atoms with Crippen molar-refractivity contribution in [2.45, 2.75) is 31.7 Å². The van der Waals surface area contributed by atoms with E-state index >= 15 is 0 Å². The Balaban J connectivity index is 2.13. The molecule has 1 amide bonds. The van der Waals surface area contributed by atoms with E-state index in [0.717, 1.165) is 11.6 Å². The number of hydrogen-bond donors (Lipinski definition) is 1. The summed E-state index contributed by atoms with van der Waals surface area (Å²) in [6.07, 6.45) is -0.234. The van der Waals surface area contributed by atoms with Gasteiger partial charge in [-0.05, 0) is 26.0 Å². The summed E-state index contributed by atoms with van der Waals surface area (Å²) < 4.78 is 7.79. The molecule has 2 aromatic rings. The van der Waals surface area contributed by atoms with Crippen molar-refractivity contribution in [2.75, 3.05) is 5.75 Å². The van der Waals surface area contributed by atoms with Gasteiger partial charge in [-0.1, -0.05) is 30.0 Å². The number of carbonyl (C=O) groups excluding carboxylic acids is 1. The number of hydrogen-bond acceptors (Lipinski definition) is 5. The Hall–Kier alpha value is -2.02. The van der Waals surface area contributed by atoms with Crippen molar-refractivity contribution in [2.24, 2.45) is 5.73 Å². The van der Waals surface area contributed by atoms with Crippen LogP contribution in [0.3, 0.4) is 0 Å². The second kappa shape index (κ2) is 7.12. The molecule has 6 nitrogen and oxygen atoms in total. The molecule has 0 bridgehead atoms. The van der Waals surface area contributed by atoms with E-state index in [-0.39, 0.29) is 17.8 Å². The Morgan fingerprint density at radius 1 is 1.38 bits per heavy atom. The van der Waals surface area contributed by atoms with Crippen molar-refractivity contribution < 1.29 is 9.53 Å². The van der Waals surface area contributed by atoms with Crippen LogP contribution in [-0.2, 0) is 11.3 Å². The van der Waals surface area contributed by atoms with Crippen LogP contribution in [0.15, 0.2) is 35.5 Å². The Kier molecular flexibility index (Phi) is 5.21. The van der Waals surface area contributed by atoms with E-state index in [1.807, 2.05) is 48.7 Å². The number of aromatic nitrogens is 3. The maximum Gasteiger partial charge on any atom is 0.227 e. The van der Waals surface area contributed by atoms with Crippen molar-refractivity contribution in [1.29, 1.82) is 0 Å². The van der Waals surface area contributed by atoms with Gasteiger partial charge in [-0.2, -0.15) is 0 Å². The second-order valence-corrected chi connectivity index (χ2v) is 5.36. The molecule has 1 atom stereocenters. The maximum absolute atomic E-state index is 10.9. The lowest BCUT2D eigenvalue weighted by Crippen LogP contribution is -2.15. The Morgan fingerprint density at radius 2 is 2.10 bits per heavy atom. The summed E-state index contributed by atoms with van der Waals surface area (Å²) in [6, 6.07) is 9.56. The van der Waals surface area contributed by atoms with Gasteiger partial charge in [0.15, 0.2) is 17.1 Å². The minimum atomic E-state index is -0.374. The van der Waals surface area contributed by atoms with Gasteiger partial charge in [-0.15, -0.1) is 10.2 Å². The summed E-state index contributed by atoms with van der Waals surface area (Å²) in [7, 11) is 0. The third kappa shape index (κ3) is 3.98. The minimum absolute atomic E-state index is 0.187. The highest BCUT2D eigenvalue weighted by Crippen LogP contribution is 2.24. The van der Waals surface area contributed by atoms with Gasteiger partial charge in [-0.25, -0.2) is 0 Å². The largest absolute Gasteiger partial charge is 0.483 e. The summed E-state index contributed by atoms with van der Waals surface area (Å²) in [4.78, 5) is 10.9. The molecule has 0 saturated heterocycles. The van der Waals surface area contributed by atoms with Crippen molar-refractivity contribution in [3.63, 3.8) is 0 Å². The summed E-state index contributed by atoms with van der Waals surface area (Å²) in [6.45, 7) is 4.62. The molecule has 7 heteroatoms. The van der Waals surface area contributed by atoms with Crippen LogP contribution >= 0.6 is 11.8 Å². The predicted molar refractivity (Wildman–Crippen MR) is 81.1 cm³/mol. The van der Waals surface area contributed by atoms with Gasteiger partial charge < -0.3 is 15.0 Å². The maximum atomic E-state index is 10.9. The first-order valence-electron chi connectivity index (χ1n) is 6.67. The molecule has 0 aliphatic heterocycles. The number of rotatable bonds is 7. The molecule has 2 N–H and O–H groups in total. The molecule has 0 saturated carbocycles. The molecule has 21 heavy (non-hydrogen) atoms. The van der Waals surface area contributed by atoms with Crippen LogP contribution in [0.2, 0.25) is 0 Å². The molecule has 0 spiro atoms. The van der Waals surface area contributed by atoms with Gasteiger partial charge in [-0.3, -0.25) is 4.79 Å². The van der Waals surface area contributed by atoms with Gasteiger partial charge in [0.05, 0.1) is 5.75 Å². The number of nitrogens with zero attached hydrogens (tertiary/aromatic N) is 3. The van der Waals surface area contributed by atoms with Crippen LogP contribution in [0.4, 0.5) is 0 Å². The molecule has 112 valence electrons. The monoisotopic (exact) mass is 306 g/mol. The smallest absolute Gasteiger partial charge is 0.227 e. The van der Waals surface area contributed by atoms with Crippen molar-refractivity contribution in [3.05, 3.63) is 36.2 Å². The lowest BCUT2D eigenvalue weighted by molar-refractivity contribution is -0.115. The standard InChI is InChI=1S/C14H18N4O2S/c1-3-18-13(16-17-14(18)21-9-12(15)19)10(2)20-11-7-5-4-6-8-11/h4-8,10H,3,9H2,1-2H3,(H2,15,19). The van der Waals surface area contributed by atoms with Gasteiger partial charge in [0, 0.05) is 6.54 Å². The Morgan fingerprint density at radius 3 is 2.71 bits per heavy atom. The second-order valence-electron chi connectivity index (χ2n) is 4.41. The zero-order chi connectivity index (χ0) is 15.2. The minimum Gasteiger partial charge on any atom is -0.483 e. The van der Waals surface area contributed by atoms with E-state index < -0.39 is 0 Å². The highest BCUT2D eigenvalue weighted by atomic mass is 32.2. The first-order valence-corrected chi connectivity index (χ1v) is 7.66. The van der Waals surface area contributed by atoms with Gasteiger partial charge >= 0.3 is 0 Å². The lowest BCUT2D eigenvalue weighted by Gasteiger charge is -2.15. The summed E-state index contributed by atoms with van der Waals surface area (Å²) >= 11 is 1.28. The average molecular weight is 306 g/mol. The molecule has 0 aliphatic carbocycles. The fraction of sp³-hybridized carbons (Fsp3) is 0.357. The molecule has 1 aromatic carbocycles. The molecule has 1 heterocycles. The van der Waals surface area contributed by atoms with Crippen LogP contribution < -0.4 is 10.5 Å². The normalized spacial score (nSPS) is 12.1. The third-order valence-corrected chi connectivity index (χ3v) is 3.81. The Bertz CT molecular complexity index is 600. The van der Waals surface area contributed by atoms with E-state index in [1.54, 1.807) is 0 Å². The summed E-state index contributed by atoms with van der Waals surface area (Å²) in [5, 5.41) is 8.96. The van der Waals surface area contributed by atoms with E-state index in [0.29, 0.717) is 11.7 Å². The van der Waals surface area contributed by atoms with E-state index in [2.05, 4.69) is 10.2 Å². The number of carbonyl (C=O) groups is 1. The Labute approximate surface area is 127 Å². The van der Waals surface area contributed by atoms with E-state index in [4.69, 9.17) is 10.5 Å². The van der Waals surface area contributed by atoms with E-state index in [9.17, 15) is 4.79 Å². The number of ether oxygens (including phenoxy) is 1. The first-order chi connectivity index (χ1) is 10.1. The number of nitrogens with two attached hydrogens (primary N) is 1. The quantitative estimate of drug-likeness (QED) is 0.791. The molecular formula is C14H18N4O2S. The van der Waals surface area contributed by atoms with Crippen molar-refractivity contribution in [1.82, 2.24) is 14.8 Å². The van der Waals surface area contributed by atoms with Crippen LogP contribution in [0, 0.1) is 0 Å². The topological polar surface area (TPSA) is 83.0 Å². The molecule has 1 aromatic heterocycles. The number of thioether (sulfide) groups is 1. The SMILES string of the molecule is CCn1c(SCC(N)=O)nnc1C(C)Oc1ccccc1. The van der Waals surface area contributed by atoms with Gasteiger partial charge in [0.2, 0.25) is 5.91 Å². The fourth-order valence-electron chi connectivity index (χ4n) is 1.90. The van der Waals surface area contributed by atoms with Crippen molar-refractivity contribution >= 4 is 17.7 Å². The zero-order valence-corrected chi connectivity index (χ0v) is 12.8. The highest BCUT2D eigenvalue weighted by Gasteiger charge is 2.18. The van der Waals surface area contributed by atoms with Crippen LogP contribution in [-0.4, -0.2) is 26.4 Å². The first kappa shape index (κ1) is 15.4. The molecule has 0 fully saturated rings. The molecule has 2 rings (SSSR count). The average Bonchev–Trinajstić information content (AvgIpc) is 2.89. The van der Waals surface area contributed by atoms with Gasteiger partial charge in [0.1, 0.15) is 5.75 Å². The highest BCUT2D eigenvalue weighted by molar-refractivity contribution is 7.99. The van der Waals surface area contributed by atoms with E-state index in [1.165, 1.54) is 11.8 Å². The van der Waals surface area contributed by atoms with Crippen LogP contribution in [0.1, 0.15) is 25.8 Å². The van der Waals surface area contributed by atoms with Crippen LogP contribution in [0.25, 0.3) is 0 Å². The predicted octanol–water partition coefficient (Wildman–Crippen LogP) is 2.02. The molecular weight excluding hydrogens is 288 g/mol. The van der Waals surface area contributed by atoms with Crippen molar-refractivity contribution in [3.8, 4) is 5.75 Å². The number of amides is 1. The third-order valence-electron chi connectivity index (χ3n) is 2.82. The zero-order valence-electron chi connectivity index (χ0n) is 12.0. The summed E-state index contributed by atoms with van der Waals surface area (Å²) in [5.41, 5.74) is 5.16.